The molecule has 41 heavy (non-hydrogen) atoms. The predicted molar refractivity (Wildman–Crippen MR) is 177 cm³/mol. The Labute approximate surface area is 256 Å². The van der Waals surface area contributed by atoms with Gasteiger partial charge in [0.05, 0.1) is 0 Å². The smallest absolute Gasteiger partial charge is 0.248 e. The Hall–Kier alpha value is -1.10. The van der Waals surface area contributed by atoms with Crippen LogP contribution in [0.25, 0.3) is 0 Å². The number of carbonyl (C=O) groups is 2. The molecule has 0 atom stereocenters. The summed E-state index contributed by atoms with van der Waals surface area (Å²) in [6, 6.07) is 0. The Balaban J connectivity index is 4.61. The van der Waals surface area contributed by atoms with Gasteiger partial charge < -0.3 is 14.5 Å². The van der Waals surface area contributed by atoms with Crippen LogP contribution in [0.3, 0.4) is 0 Å². The normalized spacial score (nSPS) is 11.2. The molecule has 0 aliphatic heterocycles. The Morgan fingerprint density at radius 3 is 0.854 bits per heavy atom. The molecule has 0 aromatic heterocycles. The highest BCUT2D eigenvalue weighted by atomic mass is 16.5. The van der Waals surface area contributed by atoms with E-state index in [4.69, 9.17) is 4.74 Å². The summed E-state index contributed by atoms with van der Waals surface area (Å²) in [4.78, 5) is 30.1. The summed E-state index contributed by atoms with van der Waals surface area (Å²) in [5.41, 5.74) is 0. The van der Waals surface area contributed by atoms with Crippen LogP contribution in [0.4, 0.5) is 0 Å². The zero-order valence-corrected chi connectivity index (χ0v) is 28.3. The maximum Gasteiger partial charge on any atom is 0.248 e. The molecule has 0 aromatic carbocycles. The monoisotopic (exact) mass is 581 g/mol. The van der Waals surface area contributed by atoms with Crippen molar-refractivity contribution >= 4 is 11.8 Å². The maximum atomic E-state index is 13.1. The van der Waals surface area contributed by atoms with Crippen molar-refractivity contribution in [3.63, 3.8) is 0 Å². The number of amides is 2. The lowest BCUT2D eigenvalue weighted by atomic mass is 10.1. The van der Waals surface area contributed by atoms with Crippen molar-refractivity contribution in [1.29, 1.82) is 0 Å². The molecule has 0 rings (SSSR count). The van der Waals surface area contributed by atoms with E-state index in [1.54, 1.807) is 0 Å². The van der Waals surface area contributed by atoms with Gasteiger partial charge in [0.15, 0.2) is 0 Å². The molecule has 0 saturated carbocycles. The van der Waals surface area contributed by atoms with E-state index < -0.39 is 0 Å². The second kappa shape index (κ2) is 31.8. The number of unbranched alkanes of at least 4 members (excludes halogenated alkanes) is 20. The van der Waals surface area contributed by atoms with Gasteiger partial charge in [0.25, 0.3) is 0 Å². The van der Waals surface area contributed by atoms with Crippen LogP contribution in [0.5, 0.6) is 0 Å². The highest BCUT2D eigenvalue weighted by Gasteiger charge is 2.17. The van der Waals surface area contributed by atoms with Gasteiger partial charge in [0.2, 0.25) is 11.8 Å². The molecule has 0 unspecified atom stereocenters. The molecular formula is C36H72N2O3. The molecule has 2 amide bonds. The van der Waals surface area contributed by atoms with Crippen LogP contribution in [-0.4, -0.2) is 61.0 Å². The standard InChI is InChI=1S/C36H72N2O3/c1-5-9-13-17-19-21-23-27-31-38(32-28-24-22-20-18-14-10-6-2)36(40)34-41-33-35(39)37(29-25-15-11-7-3)30-26-16-12-8-4/h5-34H2,1-4H3. The second-order valence-electron chi connectivity index (χ2n) is 12.3. The SMILES string of the molecule is CCCCCCCCCCN(CCCCCCCCCC)C(=O)COCC(=O)N(CCCCCC)CCCCCC. The number of nitrogens with zero attached hydrogens (tertiary/aromatic N) is 2. The van der Waals surface area contributed by atoms with E-state index in [1.807, 2.05) is 9.80 Å². The van der Waals surface area contributed by atoms with Crippen molar-refractivity contribution in [3.8, 4) is 0 Å². The quantitative estimate of drug-likeness (QED) is 0.0744. The fraction of sp³-hybridized carbons (Fsp3) is 0.944. The van der Waals surface area contributed by atoms with Gasteiger partial charge in [-0.05, 0) is 25.7 Å². The van der Waals surface area contributed by atoms with Crippen molar-refractivity contribution in [2.45, 2.75) is 182 Å². The van der Waals surface area contributed by atoms with Gasteiger partial charge in [-0.3, -0.25) is 9.59 Å². The van der Waals surface area contributed by atoms with Gasteiger partial charge in [-0.15, -0.1) is 0 Å². The van der Waals surface area contributed by atoms with Gasteiger partial charge in [-0.1, -0.05) is 156 Å². The molecule has 244 valence electrons. The zero-order valence-electron chi connectivity index (χ0n) is 28.3. The van der Waals surface area contributed by atoms with E-state index in [1.165, 1.54) is 128 Å². The first-order valence-electron chi connectivity index (χ1n) is 18.2. The molecule has 0 aliphatic rings. The molecule has 0 N–H and O–H groups in total. The fourth-order valence-corrected chi connectivity index (χ4v) is 5.46. The lowest BCUT2D eigenvalue weighted by Gasteiger charge is -2.24. The van der Waals surface area contributed by atoms with E-state index in [0.29, 0.717) is 0 Å². The molecule has 0 spiro atoms. The molecule has 0 fully saturated rings. The molecule has 5 nitrogen and oxygen atoms in total. The summed E-state index contributed by atoms with van der Waals surface area (Å²) in [6.07, 6.45) is 29.6. The number of rotatable bonds is 32. The zero-order chi connectivity index (χ0) is 30.2. The molecule has 0 bridgehead atoms. The number of hydrogen-bond acceptors (Lipinski definition) is 3. The summed E-state index contributed by atoms with van der Waals surface area (Å²) in [7, 11) is 0. The van der Waals surface area contributed by atoms with Crippen LogP contribution in [0.1, 0.15) is 182 Å². The van der Waals surface area contributed by atoms with E-state index in [0.717, 1.165) is 51.9 Å². The van der Waals surface area contributed by atoms with Crippen LogP contribution in [0.15, 0.2) is 0 Å². The number of carbonyl (C=O) groups excluding carboxylic acids is 2. The third-order valence-electron chi connectivity index (χ3n) is 8.28. The Kier molecular flexibility index (Phi) is 31.0. The minimum Gasteiger partial charge on any atom is -0.362 e. The third-order valence-corrected chi connectivity index (χ3v) is 8.28. The molecule has 0 aliphatic carbocycles. The molecule has 0 heterocycles. The van der Waals surface area contributed by atoms with E-state index in [9.17, 15) is 9.59 Å². The summed E-state index contributed by atoms with van der Waals surface area (Å²) in [6.45, 7) is 12.3. The molecular weight excluding hydrogens is 508 g/mol. The Morgan fingerprint density at radius 2 is 0.585 bits per heavy atom. The predicted octanol–water partition coefficient (Wildman–Crippen LogP) is 10.1. The van der Waals surface area contributed by atoms with Crippen LogP contribution in [-0.2, 0) is 14.3 Å². The lowest BCUT2D eigenvalue weighted by molar-refractivity contribution is -0.142. The number of hydrogen-bond donors (Lipinski definition) is 0. The van der Waals surface area contributed by atoms with E-state index in [-0.39, 0.29) is 25.0 Å². The first-order valence-corrected chi connectivity index (χ1v) is 18.2. The van der Waals surface area contributed by atoms with Crippen LogP contribution >= 0.6 is 0 Å². The fourth-order valence-electron chi connectivity index (χ4n) is 5.46. The second-order valence-corrected chi connectivity index (χ2v) is 12.3. The van der Waals surface area contributed by atoms with Gasteiger partial charge in [0.1, 0.15) is 13.2 Å². The molecule has 0 radical (unpaired) electrons. The average Bonchev–Trinajstić information content (AvgIpc) is 2.97. The van der Waals surface area contributed by atoms with Crippen molar-refractivity contribution in [1.82, 2.24) is 9.80 Å². The van der Waals surface area contributed by atoms with Gasteiger partial charge in [-0.25, -0.2) is 0 Å². The topological polar surface area (TPSA) is 49.9 Å². The molecule has 5 heteroatoms. The van der Waals surface area contributed by atoms with Crippen LogP contribution in [0.2, 0.25) is 0 Å². The summed E-state index contributed by atoms with van der Waals surface area (Å²) >= 11 is 0. The Bertz CT molecular complexity index is 537. The summed E-state index contributed by atoms with van der Waals surface area (Å²) in [5, 5.41) is 0. The van der Waals surface area contributed by atoms with Gasteiger partial charge >= 0.3 is 0 Å². The highest BCUT2D eigenvalue weighted by molar-refractivity contribution is 5.79. The average molecular weight is 581 g/mol. The minimum absolute atomic E-state index is 0.0245. The van der Waals surface area contributed by atoms with Crippen molar-refractivity contribution < 1.29 is 14.3 Å². The van der Waals surface area contributed by atoms with Gasteiger partial charge in [0, 0.05) is 26.2 Å². The largest absolute Gasteiger partial charge is 0.362 e. The summed E-state index contributed by atoms with van der Waals surface area (Å²) in [5.74, 6) is 0.102. The van der Waals surface area contributed by atoms with Crippen LogP contribution in [0, 0.1) is 0 Å². The maximum absolute atomic E-state index is 13.1. The van der Waals surface area contributed by atoms with Crippen molar-refractivity contribution in [3.05, 3.63) is 0 Å². The highest BCUT2D eigenvalue weighted by Crippen LogP contribution is 2.12. The molecule has 0 aromatic rings. The lowest BCUT2D eigenvalue weighted by Crippen LogP contribution is -2.39. The van der Waals surface area contributed by atoms with Crippen molar-refractivity contribution in [2.75, 3.05) is 39.4 Å². The minimum atomic E-state index is 0.0245. The van der Waals surface area contributed by atoms with Crippen LogP contribution < -0.4 is 0 Å². The van der Waals surface area contributed by atoms with Crippen molar-refractivity contribution in [2.24, 2.45) is 0 Å². The third kappa shape index (κ3) is 26.3. The van der Waals surface area contributed by atoms with Gasteiger partial charge in [-0.2, -0.15) is 0 Å². The van der Waals surface area contributed by atoms with E-state index in [2.05, 4.69) is 27.7 Å². The summed E-state index contributed by atoms with van der Waals surface area (Å²) < 4.78 is 5.76. The first-order chi connectivity index (χ1) is 20.1. The Morgan fingerprint density at radius 1 is 0.366 bits per heavy atom. The first kappa shape index (κ1) is 39.9. The number of ether oxygens (including phenoxy) is 1. The molecule has 0 saturated heterocycles. The van der Waals surface area contributed by atoms with E-state index >= 15 is 0 Å².